The molecule has 0 bridgehead atoms. The first kappa shape index (κ1) is 19.9. The van der Waals surface area contributed by atoms with Crippen molar-refractivity contribution in [3.05, 3.63) is 29.8 Å². The average molecular weight is 349 g/mol. The number of rotatable bonds is 9. The predicted octanol–water partition coefficient (Wildman–Crippen LogP) is 0.552. The number of hydrogen-bond donors (Lipinski definition) is 5. The highest BCUT2D eigenvalue weighted by atomic mass is 16.5. The highest BCUT2D eigenvalue weighted by Crippen LogP contribution is 2.08. The third kappa shape index (κ3) is 8.35. The van der Waals surface area contributed by atoms with Gasteiger partial charge >= 0.3 is 12.0 Å². The number of benzene rings is 1. The Morgan fingerprint density at radius 1 is 1.08 bits per heavy atom. The number of amidine groups is 1. The Kier molecular flexibility index (Phi) is 8.48. The number of carbonyl (C=O) groups is 3. The molecule has 3 amide bonds. The molecule has 0 aliphatic heterocycles. The second-order valence-electron chi connectivity index (χ2n) is 5.03. The number of nitrogens with two attached hydrogens (primary N) is 1. The fourth-order valence-corrected chi connectivity index (χ4v) is 1.82. The number of carbonyl (C=O) groups excluding carboxylic acids is 3. The van der Waals surface area contributed by atoms with Crippen LogP contribution in [0.5, 0.6) is 0 Å². The van der Waals surface area contributed by atoms with Crippen LogP contribution in [0, 0.1) is 5.41 Å². The Morgan fingerprint density at radius 2 is 1.72 bits per heavy atom. The van der Waals surface area contributed by atoms with E-state index in [1.54, 1.807) is 31.2 Å². The minimum Gasteiger partial charge on any atom is -0.466 e. The Bertz CT molecular complexity index is 615. The van der Waals surface area contributed by atoms with Crippen LogP contribution in [0.4, 0.5) is 10.5 Å². The molecule has 136 valence electrons. The molecule has 0 radical (unpaired) electrons. The first-order chi connectivity index (χ1) is 11.9. The van der Waals surface area contributed by atoms with Crippen molar-refractivity contribution >= 4 is 29.4 Å². The van der Waals surface area contributed by atoms with Gasteiger partial charge in [-0.25, -0.2) is 4.79 Å². The third-order valence-electron chi connectivity index (χ3n) is 3.05. The number of nitrogens with one attached hydrogen (secondary N) is 4. The summed E-state index contributed by atoms with van der Waals surface area (Å²) < 4.78 is 4.74. The average Bonchev–Trinajstić information content (AvgIpc) is 2.55. The van der Waals surface area contributed by atoms with Crippen molar-refractivity contribution in [1.29, 1.82) is 5.41 Å². The van der Waals surface area contributed by atoms with E-state index in [-0.39, 0.29) is 43.6 Å². The number of amides is 3. The van der Waals surface area contributed by atoms with Crippen LogP contribution in [0.3, 0.4) is 0 Å². The Balaban J connectivity index is 2.20. The normalized spacial score (nSPS) is 9.80. The molecule has 0 aliphatic carbocycles. The van der Waals surface area contributed by atoms with Crippen LogP contribution in [0.2, 0.25) is 0 Å². The molecule has 25 heavy (non-hydrogen) atoms. The maximum atomic E-state index is 11.7. The van der Waals surface area contributed by atoms with Crippen LogP contribution in [0.1, 0.15) is 25.3 Å². The van der Waals surface area contributed by atoms with Crippen LogP contribution in [0.25, 0.3) is 0 Å². The molecule has 0 aromatic heterocycles. The monoisotopic (exact) mass is 349 g/mol. The van der Waals surface area contributed by atoms with Gasteiger partial charge in [0.25, 0.3) is 0 Å². The van der Waals surface area contributed by atoms with Crippen molar-refractivity contribution in [2.24, 2.45) is 5.73 Å². The standard InChI is InChI=1S/C16H23N5O4/c1-2-25-14(23)8-10-19-13(22)7-9-20-16(24)21-12-5-3-11(4-6-12)15(17)18/h3-6H,2,7-10H2,1H3,(H3,17,18)(H,19,22)(H2,20,21,24). The molecule has 9 heteroatoms. The zero-order valence-corrected chi connectivity index (χ0v) is 14.1. The van der Waals surface area contributed by atoms with Gasteiger partial charge in [-0.05, 0) is 31.2 Å². The Hall–Kier alpha value is -3.10. The fraction of sp³-hybridized carbons (Fsp3) is 0.375. The molecule has 6 N–H and O–H groups in total. The highest BCUT2D eigenvalue weighted by molar-refractivity contribution is 5.96. The maximum absolute atomic E-state index is 11.7. The molecule has 0 unspecified atom stereocenters. The van der Waals surface area contributed by atoms with Gasteiger partial charge in [-0.1, -0.05) is 0 Å². The van der Waals surface area contributed by atoms with E-state index in [1.807, 2.05) is 0 Å². The van der Waals surface area contributed by atoms with Crippen molar-refractivity contribution in [3.8, 4) is 0 Å². The molecule has 0 spiro atoms. The molecular weight excluding hydrogens is 326 g/mol. The second-order valence-corrected chi connectivity index (χ2v) is 5.03. The predicted molar refractivity (Wildman–Crippen MR) is 93.4 cm³/mol. The van der Waals surface area contributed by atoms with Crippen molar-refractivity contribution in [2.75, 3.05) is 25.0 Å². The minimum atomic E-state index is -0.449. The summed E-state index contributed by atoms with van der Waals surface area (Å²) in [6, 6.07) is 6.04. The van der Waals surface area contributed by atoms with E-state index in [4.69, 9.17) is 15.9 Å². The van der Waals surface area contributed by atoms with Crippen LogP contribution in [-0.2, 0) is 14.3 Å². The number of ether oxygens (including phenoxy) is 1. The highest BCUT2D eigenvalue weighted by Gasteiger charge is 2.06. The molecule has 0 saturated carbocycles. The summed E-state index contributed by atoms with van der Waals surface area (Å²) in [5.74, 6) is -0.684. The van der Waals surface area contributed by atoms with Crippen molar-refractivity contribution in [1.82, 2.24) is 10.6 Å². The van der Waals surface area contributed by atoms with Crippen molar-refractivity contribution in [3.63, 3.8) is 0 Å². The third-order valence-corrected chi connectivity index (χ3v) is 3.05. The smallest absolute Gasteiger partial charge is 0.319 e. The molecule has 9 nitrogen and oxygen atoms in total. The number of nitrogen functional groups attached to an aromatic ring is 1. The summed E-state index contributed by atoms with van der Waals surface area (Å²) in [6.07, 6.45) is 0.212. The summed E-state index contributed by atoms with van der Waals surface area (Å²) in [5.41, 5.74) is 6.45. The first-order valence-electron chi connectivity index (χ1n) is 7.84. The summed E-state index contributed by atoms with van der Waals surface area (Å²) in [6.45, 7) is 2.38. The van der Waals surface area contributed by atoms with E-state index >= 15 is 0 Å². The van der Waals surface area contributed by atoms with Gasteiger partial charge < -0.3 is 26.4 Å². The van der Waals surface area contributed by atoms with Crippen LogP contribution in [-0.4, -0.2) is 43.4 Å². The molecule has 0 heterocycles. The lowest BCUT2D eigenvalue weighted by atomic mass is 10.2. The van der Waals surface area contributed by atoms with Crippen LogP contribution in [0.15, 0.2) is 24.3 Å². The summed E-state index contributed by atoms with van der Waals surface area (Å²) in [7, 11) is 0. The van der Waals surface area contributed by atoms with E-state index in [0.717, 1.165) is 0 Å². The summed E-state index contributed by atoms with van der Waals surface area (Å²) in [5, 5.41) is 15.0. The lowest BCUT2D eigenvalue weighted by Gasteiger charge is -2.08. The van der Waals surface area contributed by atoms with E-state index in [2.05, 4.69) is 16.0 Å². The van der Waals surface area contributed by atoms with Crippen LogP contribution >= 0.6 is 0 Å². The molecule has 0 atom stereocenters. The van der Waals surface area contributed by atoms with Crippen molar-refractivity contribution < 1.29 is 19.1 Å². The number of hydrogen-bond acceptors (Lipinski definition) is 5. The van der Waals surface area contributed by atoms with Gasteiger partial charge in [0, 0.05) is 30.8 Å². The molecule has 1 aromatic rings. The Morgan fingerprint density at radius 3 is 2.32 bits per heavy atom. The first-order valence-corrected chi connectivity index (χ1v) is 7.84. The molecular formula is C16H23N5O4. The SMILES string of the molecule is CCOC(=O)CCNC(=O)CCNC(=O)Nc1ccc(C(=N)N)cc1. The largest absolute Gasteiger partial charge is 0.466 e. The van der Waals surface area contributed by atoms with Crippen LogP contribution < -0.4 is 21.7 Å². The lowest BCUT2D eigenvalue weighted by molar-refractivity contribution is -0.143. The maximum Gasteiger partial charge on any atom is 0.319 e. The molecule has 0 saturated heterocycles. The van der Waals surface area contributed by atoms with Gasteiger partial charge in [-0.3, -0.25) is 15.0 Å². The Labute approximate surface area is 145 Å². The minimum absolute atomic E-state index is 0.0510. The molecule has 0 fully saturated rings. The fourth-order valence-electron chi connectivity index (χ4n) is 1.82. The van der Waals surface area contributed by atoms with Gasteiger partial charge in [0.1, 0.15) is 5.84 Å². The van der Waals surface area contributed by atoms with Gasteiger partial charge in [-0.2, -0.15) is 0 Å². The quantitative estimate of drug-likeness (QED) is 0.251. The number of urea groups is 1. The topological polar surface area (TPSA) is 146 Å². The van der Waals surface area contributed by atoms with E-state index < -0.39 is 6.03 Å². The van der Waals surface area contributed by atoms with Crippen molar-refractivity contribution in [2.45, 2.75) is 19.8 Å². The van der Waals surface area contributed by atoms with Gasteiger partial charge in [-0.15, -0.1) is 0 Å². The lowest BCUT2D eigenvalue weighted by Crippen LogP contribution is -2.34. The second kappa shape index (κ2) is 10.6. The zero-order valence-electron chi connectivity index (χ0n) is 14.1. The molecule has 1 aromatic carbocycles. The summed E-state index contributed by atoms with van der Waals surface area (Å²) >= 11 is 0. The van der Waals surface area contributed by atoms with E-state index in [9.17, 15) is 14.4 Å². The number of anilines is 1. The zero-order chi connectivity index (χ0) is 18.7. The summed E-state index contributed by atoms with van der Waals surface area (Å²) in [4.78, 5) is 34.4. The van der Waals surface area contributed by atoms with Gasteiger partial charge in [0.2, 0.25) is 5.91 Å². The molecule has 1 rings (SSSR count). The van der Waals surface area contributed by atoms with Gasteiger partial charge in [0.15, 0.2) is 0 Å². The molecule has 0 aliphatic rings. The number of esters is 1. The van der Waals surface area contributed by atoms with E-state index in [0.29, 0.717) is 17.9 Å². The van der Waals surface area contributed by atoms with E-state index in [1.165, 1.54) is 0 Å². The van der Waals surface area contributed by atoms with Gasteiger partial charge in [0.05, 0.1) is 13.0 Å².